The van der Waals surface area contributed by atoms with Gasteiger partial charge in [-0.1, -0.05) is 0 Å². The number of benzene rings is 2. The Morgan fingerprint density at radius 1 is 1.05 bits per heavy atom. The molecular formula is C13H8N3NaO4S. The normalized spacial score (nSPS) is 10.9. The third-order valence-electron chi connectivity index (χ3n) is 2.51. The second-order valence-electron chi connectivity index (χ2n) is 3.96. The smallest absolute Gasteiger partial charge is 0.744 e. The summed E-state index contributed by atoms with van der Waals surface area (Å²) in [5.74, 6) is -0.151. The molecule has 2 rings (SSSR count). The number of phenolic OH excluding ortho intramolecular Hbond substituents is 1. The molecule has 1 N–H and O–H groups in total. The quantitative estimate of drug-likeness (QED) is 0.466. The Hall–Kier alpha value is -1.76. The van der Waals surface area contributed by atoms with E-state index in [1.165, 1.54) is 30.3 Å². The molecule has 22 heavy (non-hydrogen) atoms. The van der Waals surface area contributed by atoms with Crippen molar-refractivity contribution in [3.8, 4) is 11.8 Å². The zero-order valence-electron chi connectivity index (χ0n) is 11.5. The zero-order chi connectivity index (χ0) is 15.5. The van der Waals surface area contributed by atoms with Gasteiger partial charge in [-0.25, -0.2) is 8.42 Å². The first-order valence-corrected chi connectivity index (χ1v) is 7.02. The van der Waals surface area contributed by atoms with E-state index in [0.717, 1.165) is 12.1 Å². The van der Waals surface area contributed by atoms with E-state index in [-0.39, 0.29) is 45.8 Å². The van der Waals surface area contributed by atoms with E-state index in [2.05, 4.69) is 10.2 Å². The first-order chi connectivity index (χ1) is 9.90. The number of aromatic hydroxyl groups is 1. The summed E-state index contributed by atoms with van der Waals surface area (Å²) >= 11 is 0. The summed E-state index contributed by atoms with van der Waals surface area (Å²) < 4.78 is 32.3. The fourth-order valence-electron chi connectivity index (χ4n) is 1.47. The van der Waals surface area contributed by atoms with E-state index in [1.807, 2.05) is 0 Å². The van der Waals surface area contributed by atoms with E-state index in [4.69, 9.17) is 5.26 Å². The Balaban J connectivity index is 0.00000242. The summed E-state index contributed by atoms with van der Waals surface area (Å²) in [4.78, 5) is -0.349. The van der Waals surface area contributed by atoms with Gasteiger partial charge < -0.3 is 9.66 Å². The molecule has 0 heterocycles. The van der Waals surface area contributed by atoms with Crippen LogP contribution in [0.5, 0.6) is 5.75 Å². The van der Waals surface area contributed by atoms with Crippen molar-refractivity contribution < 1.29 is 47.6 Å². The van der Waals surface area contributed by atoms with Crippen LogP contribution < -0.4 is 29.6 Å². The predicted octanol–water partition coefficient (Wildman–Crippen LogP) is -0.413. The number of nitriles is 1. The molecule has 0 fully saturated rings. The molecule has 0 aliphatic heterocycles. The van der Waals surface area contributed by atoms with E-state index in [1.54, 1.807) is 6.07 Å². The van der Waals surface area contributed by atoms with Crippen LogP contribution in [-0.2, 0) is 10.1 Å². The van der Waals surface area contributed by atoms with E-state index in [9.17, 15) is 18.1 Å². The van der Waals surface area contributed by atoms with Crippen LogP contribution in [0.4, 0.5) is 11.4 Å². The number of nitrogens with zero attached hydrogens (tertiary/aromatic N) is 3. The second-order valence-corrected chi connectivity index (χ2v) is 5.34. The molecule has 7 nitrogen and oxygen atoms in total. The van der Waals surface area contributed by atoms with Crippen molar-refractivity contribution in [3.63, 3.8) is 0 Å². The average Bonchev–Trinajstić information content (AvgIpc) is 2.46. The van der Waals surface area contributed by atoms with Crippen LogP contribution in [0.25, 0.3) is 0 Å². The Morgan fingerprint density at radius 2 is 1.59 bits per heavy atom. The van der Waals surface area contributed by atoms with Crippen molar-refractivity contribution in [2.45, 2.75) is 4.90 Å². The third kappa shape index (κ3) is 4.62. The van der Waals surface area contributed by atoms with Crippen LogP contribution in [-0.4, -0.2) is 18.1 Å². The van der Waals surface area contributed by atoms with Crippen LogP contribution in [0.3, 0.4) is 0 Å². The van der Waals surface area contributed by atoms with Gasteiger partial charge in [0.25, 0.3) is 0 Å². The van der Waals surface area contributed by atoms with Crippen molar-refractivity contribution in [1.29, 1.82) is 5.26 Å². The van der Waals surface area contributed by atoms with Gasteiger partial charge in [-0.15, -0.1) is 0 Å². The maximum absolute atomic E-state index is 10.8. The fraction of sp³-hybridized carbons (Fsp3) is 0. The van der Waals surface area contributed by atoms with Gasteiger partial charge in [0.15, 0.2) is 0 Å². The molecule has 0 amide bonds. The molecule has 0 saturated heterocycles. The van der Waals surface area contributed by atoms with Gasteiger partial charge in [0.1, 0.15) is 21.9 Å². The fourth-order valence-corrected chi connectivity index (χ4v) is 1.94. The van der Waals surface area contributed by atoms with Gasteiger partial charge in [0.05, 0.1) is 21.8 Å². The molecular weight excluding hydrogens is 317 g/mol. The molecule has 0 saturated carbocycles. The Kier molecular flexibility index (Phi) is 6.22. The molecule has 0 spiro atoms. The summed E-state index contributed by atoms with van der Waals surface area (Å²) in [6.45, 7) is 0. The minimum absolute atomic E-state index is 0. The van der Waals surface area contributed by atoms with E-state index in [0.29, 0.717) is 11.4 Å². The second kappa shape index (κ2) is 7.49. The number of hydrogen-bond acceptors (Lipinski definition) is 7. The van der Waals surface area contributed by atoms with Gasteiger partial charge in [-0.2, -0.15) is 15.5 Å². The SMILES string of the molecule is N#Cc1cc(N=Nc2ccc(S(=O)(=O)[O-])cc2)ccc1O.[Na+]. The summed E-state index contributed by atoms with van der Waals surface area (Å²) in [6, 6.07) is 10.9. The first-order valence-electron chi connectivity index (χ1n) is 5.61. The monoisotopic (exact) mass is 325 g/mol. The maximum Gasteiger partial charge on any atom is 1.00 e. The van der Waals surface area contributed by atoms with Gasteiger partial charge in [0, 0.05) is 0 Å². The van der Waals surface area contributed by atoms with Gasteiger partial charge in [-0.3, -0.25) is 0 Å². The van der Waals surface area contributed by atoms with Crippen LogP contribution >= 0.6 is 0 Å². The van der Waals surface area contributed by atoms with Crippen molar-refractivity contribution in [2.24, 2.45) is 10.2 Å². The van der Waals surface area contributed by atoms with Crippen molar-refractivity contribution >= 4 is 21.5 Å². The number of hydrogen-bond donors (Lipinski definition) is 1. The molecule has 0 aliphatic carbocycles. The molecule has 0 atom stereocenters. The predicted molar refractivity (Wildman–Crippen MR) is 71.4 cm³/mol. The maximum atomic E-state index is 10.8. The Bertz CT molecular complexity index is 843. The van der Waals surface area contributed by atoms with Crippen LogP contribution in [0.15, 0.2) is 57.6 Å². The number of rotatable bonds is 3. The molecule has 0 aromatic heterocycles. The van der Waals surface area contributed by atoms with Gasteiger partial charge in [-0.05, 0) is 42.5 Å². The molecule has 2 aromatic carbocycles. The number of phenols is 1. The van der Waals surface area contributed by atoms with Crippen molar-refractivity contribution in [3.05, 3.63) is 48.0 Å². The molecule has 0 bridgehead atoms. The summed E-state index contributed by atoms with van der Waals surface area (Å²) in [5.41, 5.74) is 0.762. The standard InChI is InChI=1S/C13H9N3O4S.Na/c14-8-9-7-11(3-6-13(9)17)16-15-10-1-4-12(5-2-10)21(18,19)20;/h1-7,17H,(H,18,19,20);/q;+1/p-1. The average molecular weight is 325 g/mol. The van der Waals surface area contributed by atoms with Crippen LogP contribution in [0.2, 0.25) is 0 Å². The molecule has 0 unspecified atom stereocenters. The molecule has 0 radical (unpaired) electrons. The summed E-state index contributed by atoms with van der Waals surface area (Å²) in [6.07, 6.45) is 0. The number of azo groups is 1. The Morgan fingerprint density at radius 3 is 2.14 bits per heavy atom. The first kappa shape index (κ1) is 18.3. The van der Waals surface area contributed by atoms with Crippen molar-refractivity contribution in [1.82, 2.24) is 0 Å². The largest absolute Gasteiger partial charge is 1.00 e. The zero-order valence-corrected chi connectivity index (χ0v) is 14.3. The van der Waals surface area contributed by atoms with E-state index >= 15 is 0 Å². The summed E-state index contributed by atoms with van der Waals surface area (Å²) in [5, 5.41) is 25.8. The minimum Gasteiger partial charge on any atom is -0.744 e. The van der Waals surface area contributed by atoms with Crippen LogP contribution in [0, 0.1) is 11.3 Å². The van der Waals surface area contributed by atoms with Gasteiger partial charge in [0.2, 0.25) is 0 Å². The summed E-state index contributed by atoms with van der Waals surface area (Å²) in [7, 11) is -4.49. The molecule has 2 aromatic rings. The topological polar surface area (TPSA) is 126 Å². The Labute approximate surface area is 149 Å². The molecule has 106 valence electrons. The molecule has 9 heteroatoms. The van der Waals surface area contributed by atoms with Gasteiger partial charge >= 0.3 is 29.6 Å². The van der Waals surface area contributed by atoms with Crippen molar-refractivity contribution in [2.75, 3.05) is 0 Å². The minimum atomic E-state index is -4.49. The van der Waals surface area contributed by atoms with Crippen LogP contribution in [0.1, 0.15) is 5.56 Å². The molecule has 0 aliphatic rings. The third-order valence-corrected chi connectivity index (χ3v) is 3.36. The van der Waals surface area contributed by atoms with E-state index < -0.39 is 10.1 Å².